The third-order valence-electron chi connectivity index (χ3n) is 5.18. The first-order chi connectivity index (χ1) is 17.7. The van der Waals surface area contributed by atoms with Crippen LogP contribution in [0.25, 0.3) is 0 Å². The van der Waals surface area contributed by atoms with Crippen LogP contribution in [0.3, 0.4) is 0 Å². The fourth-order valence-electron chi connectivity index (χ4n) is 3.41. The number of nitrogens with zero attached hydrogens (tertiary/aromatic N) is 3. The van der Waals surface area contributed by atoms with E-state index in [0.717, 1.165) is 30.5 Å². The molecule has 38 heavy (non-hydrogen) atoms. The summed E-state index contributed by atoms with van der Waals surface area (Å²) in [5.74, 6) is -0.0447. The van der Waals surface area contributed by atoms with Gasteiger partial charge in [-0.15, -0.1) is 0 Å². The van der Waals surface area contributed by atoms with Gasteiger partial charge in [-0.25, -0.2) is 19.4 Å². The summed E-state index contributed by atoms with van der Waals surface area (Å²) in [7, 11) is 2.91. The van der Waals surface area contributed by atoms with E-state index in [1.54, 1.807) is 40.1 Å². The molecule has 10 nitrogen and oxygen atoms in total. The molecule has 2 aromatic rings. The summed E-state index contributed by atoms with van der Waals surface area (Å²) in [6, 6.07) is 8.44. The van der Waals surface area contributed by atoms with Crippen molar-refractivity contribution < 1.29 is 28.6 Å². The highest BCUT2D eigenvalue weighted by Gasteiger charge is 2.26. The summed E-state index contributed by atoms with van der Waals surface area (Å²) in [5.41, 5.74) is 1.28. The van der Waals surface area contributed by atoms with Gasteiger partial charge in [0, 0.05) is 31.1 Å². The molecule has 0 aliphatic heterocycles. The van der Waals surface area contributed by atoms with Gasteiger partial charge in [-0.3, -0.25) is 9.88 Å². The molecule has 0 radical (unpaired) electrons. The number of esters is 1. The first-order valence-corrected chi connectivity index (χ1v) is 12.6. The highest BCUT2D eigenvalue weighted by molar-refractivity contribution is 5.86. The number of hydrogen-bond donors (Lipinski definition) is 1. The summed E-state index contributed by atoms with van der Waals surface area (Å²) in [5, 5.41) is 2.56. The zero-order valence-corrected chi connectivity index (χ0v) is 23.7. The topological polar surface area (TPSA) is 120 Å². The van der Waals surface area contributed by atoms with Crippen molar-refractivity contribution in [3.8, 4) is 0 Å². The van der Waals surface area contributed by atoms with Crippen molar-refractivity contribution >= 4 is 24.0 Å². The summed E-state index contributed by atoms with van der Waals surface area (Å²) in [6.07, 6.45) is 3.12. The number of nitrogens with one attached hydrogen (secondary N) is 1. The van der Waals surface area contributed by atoms with Crippen LogP contribution in [0.1, 0.15) is 64.9 Å². The fourth-order valence-corrected chi connectivity index (χ4v) is 3.41. The molecule has 2 rings (SSSR count). The van der Waals surface area contributed by atoms with E-state index in [4.69, 9.17) is 14.2 Å². The first kappa shape index (κ1) is 30.5. The number of anilines is 1. The summed E-state index contributed by atoms with van der Waals surface area (Å²) >= 11 is 0. The molecule has 208 valence electrons. The number of hydrogen-bond acceptors (Lipinski definition) is 8. The van der Waals surface area contributed by atoms with E-state index in [-0.39, 0.29) is 6.42 Å². The SMILES string of the molecule is COC(=O)C(Cc1ccc(CCCc2cccc(N(C)C(=O)OC(C)(C)C)n2)cn1)NC(=O)OC(C)(C)C. The second-order valence-electron chi connectivity index (χ2n) is 11.0. The number of alkyl carbamates (subject to hydrolysis) is 1. The van der Waals surface area contributed by atoms with Gasteiger partial charge in [0.15, 0.2) is 0 Å². The summed E-state index contributed by atoms with van der Waals surface area (Å²) in [6.45, 7) is 10.7. The highest BCUT2D eigenvalue weighted by atomic mass is 16.6. The maximum absolute atomic E-state index is 12.3. The minimum Gasteiger partial charge on any atom is -0.467 e. The van der Waals surface area contributed by atoms with Gasteiger partial charge in [0.05, 0.1) is 7.11 Å². The zero-order chi connectivity index (χ0) is 28.5. The van der Waals surface area contributed by atoms with Crippen LogP contribution in [0, 0.1) is 0 Å². The van der Waals surface area contributed by atoms with Crippen LogP contribution in [0.4, 0.5) is 15.4 Å². The van der Waals surface area contributed by atoms with Gasteiger partial charge < -0.3 is 19.5 Å². The fraction of sp³-hybridized carbons (Fsp3) is 0.536. The lowest BCUT2D eigenvalue weighted by Crippen LogP contribution is -2.45. The molecule has 2 amide bonds. The van der Waals surface area contributed by atoms with Crippen LogP contribution in [0.2, 0.25) is 0 Å². The van der Waals surface area contributed by atoms with E-state index in [2.05, 4.69) is 15.3 Å². The van der Waals surface area contributed by atoms with E-state index < -0.39 is 35.4 Å². The molecule has 0 aliphatic carbocycles. The Bertz CT molecular complexity index is 1090. The average Bonchev–Trinajstić information content (AvgIpc) is 2.81. The minimum absolute atomic E-state index is 0.175. The van der Waals surface area contributed by atoms with Gasteiger partial charge in [0.25, 0.3) is 0 Å². The molecule has 0 fully saturated rings. The number of aryl methyl sites for hydroxylation is 2. The van der Waals surface area contributed by atoms with Crippen molar-refractivity contribution in [2.45, 2.75) is 84.5 Å². The first-order valence-electron chi connectivity index (χ1n) is 12.6. The van der Waals surface area contributed by atoms with Crippen LogP contribution in [0.5, 0.6) is 0 Å². The monoisotopic (exact) mass is 528 g/mol. The van der Waals surface area contributed by atoms with Crippen LogP contribution in [0.15, 0.2) is 36.5 Å². The third-order valence-corrected chi connectivity index (χ3v) is 5.18. The Morgan fingerprint density at radius 2 is 1.63 bits per heavy atom. The molecule has 2 heterocycles. The van der Waals surface area contributed by atoms with Crippen molar-refractivity contribution in [2.75, 3.05) is 19.1 Å². The Morgan fingerprint density at radius 3 is 2.21 bits per heavy atom. The second-order valence-corrected chi connectivity index (χ2v) is 11.0. The van der Waals surface area contributed by atoms with Crippen LogP contribution in [-0.2, 0) is 38.3 Å². The van der Waals surface area contributed by atoms with E-state index in [9.17, 15) is 14.4 Å². The van der Waals surface area contributed by atoms with Gasteiger partial charge in [0.2, 0.25) is 0 Å². The molecule has 0 bridgehead atoms. The average molecular weight is 529 g/mol. The summed E-state index contributed by atoms with van der Waals surface area (Å²) in [4.78, 5) is 47.1. The van der Waals surface area contributed by atoms with E-state index in [1.165, 1.54) is 12.0 Å². The molecule has 0 saturated carbocycles. The maximum Gasteiger partial charge on any atom is 0.415 e. The maximum atomic E-state index is 12.3. The quantitative estimate of drug-likeness (QED) is 0.369. The lowest BCUT2D eigenvalue weighted by Gasteiger charge is -2.24. The van der Waals surface area contributed by atoms with Crippen molar-refractivity contribution in [1.29, 1.82) is 0 Å². The molecule has 0 aliphatic rings. The van der Waals surface area contributed by atoms with Crippen molar-refractivity contribution in [1.82, 2.24) is 15.3 Å². The number of pyridine rings is 2. The van der Waals surface area contributed by atoms with E-state index in [1.807, 2.05) is 45.0 Å². The molecule has 0 saturated heterocycles. The number of amides is 2. The Hall–Kier alpha value is -3.69. The Balaban J connectivity index is 1.92. The van der Waals surface area contributed by atoms with Gasteiger partial charge >= 0.3 is 18.2 Å². The third kappa shape index (κ3) is 10.7. The smallest absolute Gasteiger partial charge is 0.415 e. The van der Waals surface area contributed by atoms with Crippen molar-refractivity contribution in [3.63, 3.8) is 0 Å². The normalized spacial score (nSPS) is 12.3. The molecule has 0 aromatic carbocycles. The lowest BCUT2D eigenvalue weighted by atomic mass is 10.1. The highest BCUT2D eigenvalue weighted by Crippen LogP contribution is 2.16. The number of ether oxygens (including phenoxy) is 3. The largest absolute Gasteiger partial charge is 0.467 e. The van der Waals surface area contributed by atoms with Crippen molar-refractivity contribution in [3.05, 3.63) is 53.5 Å². The Kier molecular flexibility index (Phi) is 10.6. The van der Waals surface area contributed by atoms with Crippen LogP contribution in [-0.4, -0.2) is 59.5 Å². The standard InChI is InChI=1S/C28H40N4O6/c1-27(2,3)37-25(34)31-22(24(33)36-8)17-21-16-15-19(18-29-21)11-9-12-20-13-10-14-23(30-20)32(7)26(35)38-28(4,5)6/h10,13-16,18,22H,9,11-12,17H2,1-8H3,(H,31,34). The molecular formula is C28H40N4O6. The van der Waals surface area contributed by atoms with Gasteiger partial charge in [-0.1, -0.05) is 12.1 Å². The predicted molar refractivity (Wildman–Crippen MR) is 144 cm³/mol. The van der Waals surface area contributed by atoms with E-state index in [0.29, 0.717) is 11.5 Å². The molecule has 0 spiro atoms. The number of carbonyl (C=O) groups excluding carboxylic acids is 3. The molecule has 10 heteroatoms. The molecule has 2 aromatic heterocycles. The number of methoxy groups -OCH3 is 1. The number of carbonyl (C=O) groups is 3. The predicted octanol–water partition coefficient (Wildman–Crippen LogP) is 4.63. The van der Waals surface area contributed by atoms with Crippen LogP contribution < -0.4 is 10.2 Å². The van der Waals surface area contributed by atoms with Gasteiger partial charge in [0.1, 0.15) is 23.1 Å². The molecule has 1 N–H and O–H groups in total. The number of rotatable bonds is 9. The van der Waals surface area contributed by atoms with Crippen LogP contribution >= 0.6 is 0 Å². The molecule has 1 unspecified atom stereocenters. The van der Waals surface area contributed by atoms with Crippen molar-refractivity contribution in [2.24, 2.45) is 0 Å². The van der Waals surface area contributed by atoms with E-state index >= 15 is 0 Å². The molecular weight excluding hydrogens is 488 g/mol. The number of aromatic nitrogens is 2. The molecule has 1 atom stereocenters. The zero-order valence-electron chi connectivity index (χ0n) is 23.7. The van der Waals surface area contributed by atoms with Gasteiger partial charge in [-0.2, -0.15) is 0 Å². The Labute approximate surface area is 225 Å². The summed E-state index contributed by atoms with van der Waals surface area (Å²) < 4.78 is 15.5. The second kappa shape index (κ2) is 13.2. The lowest BCUT2D eigenvalue weighted by molar-refractivity contribution is -0.143. The van der Waals surface area contributed by atoms with Gasteiger partial charge in [-0.05, 0) is 84.6 Å². The Morgan fingerprint density at radius 1 is 0.947 bits per heavy atom. The minimum atomic E-state index is -0.912.